The molecule has 0 radical (unpaired) electrons. The Bertz CT molecular complexity index is 406. The van der Waals surface area contributed by atoms with Crippen LogP contribution in [0.3, 0.4) is 0 Å². The van der Waals surface area contributed by atoms with Gasteiger partial charge in [0.15, 0.2) is 5.78 Å². The molecule has 0 amide bonds. The molecule has 1 aliphatic rings. The maximum absolute atomic E-state index is 12.0. The van der Waals surface area contributed by atoms with Gasteiger partial charge in [0, 0.05) is 24.7 Å². The van der Waals surface area contributed by atoms with Gasteiger partial charge in [-0.2, -0.15) is 0 Å². The molecule has 1 heterocycles. The van der Waals surface area contributed by atoms with Gasteiger partial charge in [-0.3, -0.25) is 9.69 Å². The summed E-state index contributed by atoms with van der Waals surface area (Å²) in [5.74, 6) is 0.840. The van der Waals surface area contributed by atoms with Crippen LogP contribution in [0.15, 0.2) is 24.3 Å². The molecule has 0 aromatic heterocycles. The number of nitrogens with two attached hydrogens (primary N) is 1. The first-order chi connectivity index (χ1) is 8.19. The van der Waals surface area contributed by atoms with E-state index in [-0.39, 0.29) is 11.8 Å². The average Bonchev–Trinajstić information content (AvgIpc) is 2.75. The van der Waals surface area contributed by atoms with Crippen molar-refractivity contribution < 1.29 is 9.53 Å². The second-order valence-corrected chi connectivity index (χ2v) is 4.44. The molecule has 1 aliphatic heterocycles. The van der Waals surface area contributed by atoms with Gasteiger partial charge >= 0.3 is 0 Å². The Morgan fingerprint density at radius 2 is 2.41 bits per heavy atom. The van der Waals surface area contributed by atoms with Crippen molar-refractivity contribution in [3.8, 4) is 5.75 Å². The van der Waals surface area contributed by atoms with Crippen molar-refractivity contribution in [3.63, 3.8) is 0 Å². The quantitative estimate of drug-likeness (QED) is 0.787. The summed E-state index contributed by atoms with van der Waals surface area (Å²) in [6, 6.07) is 7.48. The fourth-order valence-electron chi connectivity index (χ4n) is 2.10. The third-order valence-electron chi connectivity index (χ3n) is 3.07. The Balaban J connectivity index is 1.99. The summed E-state index contributed by atoms with van der Waals surface area (Å²) in [6.07, 6.45) is 0.978. The number of methoxy groups -OCH3 is 1. The lowest BCUT2D eigenvalue weighted by molar-refractivity contribution is 0.0944. The van der Waals surface area contributed by atoms with Crippen LogP contribution in [0.1, 0.15) is 16.8 Å². The molecule has 4 nitrogen and oxygen atoms in total. The third-order valence-corrected chi connectivity index (χ3v) is 3.07. The highest BCUT2D eigenvalue weighted by Crippen LogP contribution is 2.14. The highest BCUT2D eigenvalue weighted by molar-refractivity contribution is 5.97. The zero-order valence-electron chi connectivity index (χ0n) is 10.1. The van der Waals surface area contributed by atoms with E-state index in [0.717, 1.165) is 19.5 Å². The van der Waals surface area contributed by atoms with Gasteiger partial charge in [0.25, 0.3) is 0 Å². The molecule has 0 bridgehead atoms. The monoisotopic (exact) mass is 234 g/mol. The minimum absolute atomic E-state index is 0.123. The van der Waals surface area contributed by atoms with Gasteiger partial charge in [-0.15, -0.1) is 0 Å². The van der Waals surface area contributed by atoms with Crippen LogP contribution in [-0.2, 0) is 0 Å². The second-order valence-electron chi connectivity index (χ2n) is 4.44. The van der Waals surface area contributed by atoms with E-state index in [1.807, 2.05) is 18.2 Å². The molecule has 1 atom stereocenters. The van der Waals surface area contributed by atoms with Crippen LogP contribution in [-0.4, -0.2) is 43.5 Å². The van der Waals surface area contributed by atoms with E-state index in [4.69, 9.17) is 10.5 Å². The summed E-state index contributed by atoms with van der Waals surface area (Å²) in [5, 5.41) is 0. The smallest absolute Gasteiger partial charge is 0.176 e. The van der Waals surface area contributed by atoms with E-state index in [9.17, 15) is 4.79 Å². The van der Waals surface area contributed by atoms with Gasteiger partial charge in [0.2, 0.25) is 0 Å². The lowest BCUT2D eigenvalue weighted by Crippen LogP contribution is -2.31. The van der Waals surface area contributed by atoms with Crippen molar-refractivity contribution in [2.24, 2.45) is 5.73 Å². The minimum atomic E-state index is 0.123. The Kier molecular flexibility index (Phi) is 3.76. The van der Waals surface area contributed by atoms with Crippen molar-refractivity contribution in [2.45, 2.75) is 12.5 Å². The Labute approximate surface area is 101 Å². The minimum Gasteiger partial charge on any atom is -0.497 e. The molecule has 4 heteroatoms. The molecule has 1 aromatic carbocycles. The predicted octanol–water partition coefficient (Wildman–Crippen LogP) is 0.911. The molecule has 17 heavy (non-hydrogen) atoms. The van der Waals surface area contributed by atoms with Crippen LogP contribution >= 0.6 is 0 Å². The summed E-state index contributed by atoms with van der Waals surface area (Å²) < 4.78 is 5.11. The molecule has 1 fully saturated rings. The van der Waals surface area contributed by atoms with Crippen LogP contribution in [0.4, 0.5) is 0 Å². The molecule has 0 saturated carbocycles. The number of Topliss-reactive ketones (excluding diaryl/α,β-unsaturated/α-hetero) is 1. The standard InChI is InChI=1S/C13H18N2O2/c1-17-12-4-2-3-10(7-12)13(16)9-15-6-5-11(14)8-15/h2-4,7,11H,5-6,8-9,14H2,1H3. The van der Waals surface area contributed by atoms with Crippen molar-refractivity contribution in [1.29, 1.82) is 0 Å². The molecule has 0 spiro atoms. The van der Waals surface area contributed by atoms with Crippen LogP contribution in [0, 0.1) is 0 Å². The fourth-order valence-corrected chi connectivity index (χ4v) is 2.10. The van der Waals surface area contributed by atoms with Gasteiger partial charge in [-0.1, -0.05) is 12.1 Å². The fraction of sp³-hybridized carbons (Fsp3) is 0.462. The molecule has 2 N–H and O–H groups in total. The van der Waals surface area contributed by atoms with Gasteiger partial charge in [0.1, 0.15) is 5.75 Å². The number of nitrogens with zero attached hydrogens (tertiary/aromatic N) is 1. The number of hydrogen-bond donors (Lipinski definition) is 1. The largest absolute Gasteiger partial charge is 0.497 e. The topological polar surface area (TPSA) is 55.6 Å². The van der Waals surface area contributed by atoms with Gasteiger partial charge in [0.05, 0.1) is 13.7 Å². The Morgan fingerprint density at radius 3 is 3.06 bits per heavy atom. The lowest BCUT2D eigenvalue weighted by Gasteiger charge is -2.14. The van der Waals surface area contributed by atoms with E-state index in [1.54, 1.807) is 13.2 Å². The first-order valence-electron chi connectivity index (χ1n) is 5.84. The molecule has 92 valence electrons. The summed E-state index contributed by atoms with van der Waals surface area (Å²) in [7, 11) is 1.60. The molecule has 1 aromatic rings. The number of rotatable bonds is 4. The van der Waals surface area contributed by atoms with Crippen LogP contribution in [0.2, 0.25) is 0 Å². The highest BCUT2D eigenvalue weighted by Gasteiger charge is 2.21. The molecule has 2 rings (SSSR count). The van der Waals surface area contributed by atoms with E-state index < -0.39 is 0 Å². The molecule has 1 saturated heterocycles. The summed E-state index contributed by atoms with van der Waals surface area (Å²) in [5.41, 5.74) is 6.51. The van der Waals surface area contributed by atoms with E-state index in [2.05, 4.69) is 4.90 Å². The van der Waals surface area contributed by atoms with Crippen molar-refractivity contribution >= 4 is 5.78 Å². The van der Waals surface area contributed by atoms with Crippen molar-refractivity contribution in [3.05, 3.63) is 29.8 Å². The summed E-state index contributed by atoms with van der Waals surface area (Å²) >= 11 is 0. The van der Waals surface area contributed by atoms with Crippen molar-refractivity contribution in [1.82, 2.24) is 4.90 Å². The van der Waals surface area contributed by atoms with Crippen LogP contribution < -0.4 is 10.5 Å². The number of carbonyl (C=O) groups is 1. The average molecular weight is 234 g/mol. The van der Waals surface area contributed by atoms with E-state index >= 15 is 0 Å². The van der Waals surface area contributed by atoms with Gasteiger partial charge in [-0.05, 0) is 18.6 Å². The summed E-state index contributed by atoms with van der Waals surface area (Å²) in [4.78, 5) is 14.1. The zero-order valence-corrected chi connectivity index (χ0v) is 10.1. The predicted molar refractivity (Wildman–Crippen MR) is 66.4 cm³/mol. The summed E-state index contributed by atoms with van der Waals surface area (Å²) in [6.45, 7) is 2.17. The molecule has 1 unspecified atom stereocenters. The number of likely N-dealkylation sites (tertiary alicyclic amines) is 1. The zero-order chi connectivity index (χ0) is 12.3. The third kappa shape index (κ3) is 3.05. The first-order valence-corrected chi connectivity index (χ1v) is 5.84. The number of hydrogen-bond acceptors (Lipinski definition) is 4. The highest BCUT2D eigenvalue weighted by atomic mass is 16.5. The molecular formula is C13H18N2O2. The maximum Gasteiger partial charge on any atom is 0.176 e. The maximum atomic E-state index is 12.0. The normalized spacial score (nSPS) is 20.5. The number of ether oxygens (including phenoxy) is 1. The SMILES string of the molecule is COc1cccc(C(=O)CN2CCC(N)C2)c1. The lowest BCUT2D eigenvalue weighted by atomic mass is 10.1. The van der Waals surface area contributed by atoms with E-state index in [1.165, 1.54) is 0 Å². The molecule has 0 aliphatic carbocycles. The Hall–Kier alpha value is -1.39. The van der Waals surface area contributed by atoms with Gasteiger partial charge < -0.3 is 10.5 Å². The Morgan fingerprint density at radius 1 is 1.59 bits per heavy atom. The van der Waals surface area contributed by atoms with Crippen molar-refractivity contribution in [2.75, 3.05) is 26.7 Å². The number of ketones is 1. The number of benzene rings is 1. The van der Waals surface area contributed by atoms with Gasteiger partial charge in [-0.25, -0.2) is 0 Å². The molecular weight excluding hydrogens is 216 g/mol. The van der Waals surface area contributed by atoms with E-state index in [0.29, 0.717) is 17.9 Å². The second kappa shape index (κ2) is 5.29. The first kappa shape index (κ1) is 12.1. The number of carbonyl (C=O) groups excluding carboxylic acids is 1. The van der Waals surface area contributed by atoms with Crippen LogP contribution in [0.5, 0.6) is 5.75 Å². The van der Waals surface area contributed by atoms with Crippen LogP contribution in [0.25, 0.3) is 0 Å².